The van der Waals surface area contributed by atoms with Crippen LogP contribution >= 0.6 is 8.81 Å². The highest BCUT2D eigenvalue weighted by Crippen LogP contribution is 2.20. The minimum Gasteiger partial charge on any atom is -0.493 e. The molecule has 0 aromatic carbocycles. The molecule has 0 saturated carbocycles. The molecule has 2 atom stereocenters. The summed E-state index contributed by atoms with van der Waals surface area (Å²) in [6, 6.07) is 0. The van der Waals surface area contributed by atoms with Crippen LogP contribution in [0, 0.1) is 0 Å². The monoisotopic (exact) mass is 360 g/mol. The van der Waals surface area contributed by atoms with E-state index in [2.05, 4.69) is 19.9 Å². The lowest BCUT2D eigenvalue weighted by Gasteiger charge is -2.21. The highest BCUT2D eigenvalue weighted by Gasteiger charge is 2.12. The standard InChI is InChI=1S/C20H41O3P/c1-5-8-9-10-11-12-13-15-19(14-6-2)23-20(18-21-4)16-17-24-22-7-3/h14,20,24H,5-13,15-18H2,1-4H3. The van der Waals surface area contributed by atoms with Crippen LogP contribution < -0.4 is 0 Å². The fourth-order valence-corrected chi connectivity index (χ4v) is 3.45. The van der Waals surface area contributed by atoms with E-state index < -0.39 is 0 Å². The number of hydrogen-bond acceptors (Lipinski definition) is 3. The summed E-state index contributed by atoms with van der Waals surface area (Å²) in [5.41, 5.74) is 0. The van der Waals surface area contributed by atoms with Crippen LogP contribution in [0.15, 0.2) is 11.8 Å². The maximum atomic E-state index is 6.24. The van der Waals surface area contributed by atoms with Gasteiger partial charge in [0.15, 0.2) is 0 Å². The Morgan fingerprint density at radius 3 is 2.33 bits per heavy atom. The molecular formula is C20H41O3P. The molecule has 0 heterocycles. The van der Waals surface area contributed by atoms with Crippen LogP contribution in [0.1, 0.15) is 85.0 Å². The van der Waals surface area contributed by atoms with Gasteiger partial charge in [-0.2, -0.15) is 0 Å². The maximum Gasteiger partial charge on any atom is 0.122 e. The average Bonchev–Trinajstić information content (AvgIpc) is 2.58. The number of methoxy groups -OCH3 is 1. The Kier molecular flexibility index (Phi) is 19.1. The lowest BCUT2D eigenvalue weighted by Crippen LogP contribution is -2.20. The van der Waals surface area contributed by atoms with E-state index in [9.17, 15) is 0 Å². The molecule has 0 aromatic heterocycles. The van der Waals surface area contributed by atoms with E-state index in [1.807, 2.05) is 6.92 Å². The quantitative estimate of drug-likeness (QED) is 0.159. The second kappa shape index (κ2) is 19.2. The van der Waals surface area contributed by atoms with Gasteiger partial charge in [0.05, 0.1) is 12.4 Å². The van der Waals surface area contributed by atoms with Gasteiger partial charge < -0.3 is 14.0 Å². The molecule has 0 N–H and O–H groups in total. The number of ether oxygens (including phenoxy) is 2. The zero-order valence-electron chi connectivity index (χ0n) is 16.6. The molecule has 0 fully saturated rings. The Hall–Kier alpha value is -0.110. The molecule has 0 aromatic rings. The Bertz CT molecular complexity index is 282. The van der Waals surface area contributed by atoms with Crippen molar-refractivity contribution >= 4 is 8.81 Å². The Balaban J connectivity index is 4.05. The molecule has 0 rings (SSSR count). The number of hydrogen-bond donors (Lipinski definition) is 0. The van der Waals surface area contributed by atoms with Gasteiger partial charge in [-0.05, 0) is 38.4 Å². The SMILES string of the molecule is CCC=C(CCCCCCCCC)OC(CCPOCC)COC. The van der Waals surface area contributed by atoms with E-state index in [0.29, 0.717) is 15.4 Å². The number of allylic oxidation sites excluding steroid dienone is 2. The molecule has 0 bridgehead atoms. The molecule has 0 spiro atoms. The van der Waals surface area contributed by atoms with E-state index in [4.69, 9.17) is 14.0 Å². The van der Waals surface area contributed by atoms with Crippen molar-refractivity contribution in [2.24, 2.45) is 0 Å². The van der Waals surface area contributed by atoms with Crippen LogP contribution in [0.4, 0.5) is 0 Å². The molecule has 0 saturated heterocycles. The largest absolute Gasteiger partial charge is 0.493 e. The zero-order chi connectivity index (χ0) is 17.9. The van der Waals surface area contributed by atoms with E-state index in [0.717, 1.165) is 37.8 Å². The lowest BCUT2D eigenvalue weighted by molar-refractivity contribution is 0.0310. The summed E-state index contributed by atoms with van der Waals surface area (Å²) in [6.07, 6.45) is 15.9. The molecule has 24 heavy (non-hydrogen) atoms. The predicted octanol–water partition coefficient (Wildman–Crippen LogP) is 6.47. The molecule has 2 unspecified atom stereocenters. The van der Waals surface area contributed by atoms with E-state index in [1.165, 1.54) is 44.9 Å². The highest BCUT2D eigenvalue weighted by molar-refractivity contribution is 7.32. The first-order chi connectivity index (χ1) is 11.8. The third-order valence-electron chi connectivity index (χ3n) is 3.94. The maximum absolute atomic E-state index is 6.24. The Morgan fingerprint density at radius 1 is 1.00 bits per heavy atom. The van der Waals surface area contributed by atoms with Gasteiger partial charge in [0, 0.05) is 28.9 Å². The van der Waals surface area contributed by atoms with Crippen LogP contribution in [-0.2, 0) is 14.0 Å². The summed E-state index contributed by atoms with van der Waals surface area (Å²) in [4.78, 5) is 0. The molecule has 0 amide bonds. The van der Waals surface area contributed by atoms with Gasteiger partial charge in [-0.3, -0.25) is 0 Å². The van der Waals surface area contributed by atoms with E-state index in [-0.39, 0.29) is 6.10 Å². The van der Waals surface area contributed by atoms with Crippen LogP contribution in [0.3, 0.4) is 0 Å². The second-order valence-corrected chi connectivity index (χ2v) is 7.34. The van der Waals surface area contributed by atoms with Crippen molar-refractivity contribution in [3.8, 4) is 0 Å². The second-order valence-electron chi connectivity index (χ2n) is 6.26. The van der Waals surface area contributed by atoms with Crippen LogP contribution in [0.2, 0.25) is 0 Å². The van der Waals surface area contributed by atoms with Gasteiger partial charge in [0.25, 0.3) is 0 Å². The Morgan fingerprint density at radius 2 is 1.71 bits per heavy atom. The fraction of sp³-hybridized carbons (Fsp3) is 0.900. The Labute approximate surface area is 152 Å². The van der Waals surface area contributed by atoms with Crippen molar-refractivity contribution in [3.05, 3.63) is 11.8 Å². The first-order valence-electron chi connectivity index (χ1n) is 9.97. The molecule has 4 heteroatoms. The van der Waals surface area contributed by atoms with Gasteiger partial charge in [-0.25, -0.2) is 0 Å². The van der Waals surface area contributed by atoms with Crippen LogP contribution in [0.25, 0.3) is 0 Å². The minimum atomic E-state index is 0.158. The summed E-state index contributed by atoms with van der Waals surface area (Å²) in [5, 5.41) is 0. The van der Waals surface area contributed by atoms with Crippen molar-refractivity contribution < 1.29 is 14.0 Å². The molecule has 0 aliphatic carbocycles. The van der Waals surface area contributed by atoms with Gasteiger partial charge in [-0.15, -0.1) is 0 Å². The summed E-state index contributed by atoms with van der Waals surface area (Å²) < 4.78 is 17.0. The summed E-state index contributed by atoms with van der Waals surface area (Å²) in [6.45, 7) is 7.95. The lowest BCUT2D eigenvalue weighted by atomic mass is 10.1. The number of unbranched alkanes of at least 4 members (excludes halogenated alkanes) is 6. The summed E-state index contributed by atoms with van der Waals surface area (Å²) in [7, 11) is 2.32. The topological polar surface area (TPSA) is 27.7 Å². The molecule has 0 aliphatic rings. The zero-order valence-corrected chi connectivity index (χ0v) is 17.6. The van der Waals surface area contributed by atoms with Gasteiger partial charge in [-0.1, -0.05) is 52.4 Å². The number of rotatable bonds is 18. The first-order valence-corrected chi connectivity index (χ1v) is 11.1. The van der Waals surface area contributed by atoms with Gasteiger partial charge in [0.2, 0.25) is 0 Å². The van der Waals surface area contributed by atoms with E-state index >= 15 is 0 Å². The van der Waals surface area contributed by atoms with E-state index in [1.54, 1.807) is 7.11 Å². The normalized spacial score (nSPS) is 13.8. The fourth-order valence-electron chi connectivity index (χ4n) is 2.66. The van der Waals surface area contributed by atoms with Crippen LogP contribution in [-0.4, -0.2) is 32.6 Å². The smallest absolute Gasteiger partial charge is 0.122 e. The van der Waals surface area contributed by atoms with Crippen molar-refractivity contribution in [2.75, 3.05) is 26.5 Å². The molecule has 0 aliphatic heterocycles. The van der Waals surface area contributed by atoms with Crippen molar-refractivity contribution in [1.82, 2.24) is 0 Å². The first kappa shape index (κ1) is 23.9. The summed E-state index contributed by atoms with van der Waals surface area (Å²) in [5.74, 6) is 1.16. The summed E-state index contributed by atoms with van der Waals surface area (Å²) >= 11 is 0. The third-order valence-corrected chi connectivity index (χ3v) is 4.93. The van der Waals surface area contributed by atoms with Gasteiger partial charge >= 0.3 is 0 Å². The molecular weight excluding hydrogens is 319 g/mol. The van der Waals surface area contributed by atoms with Crippen molar-refractivity contribution in [3.63, 3.8) is 0 Å². The van der Waals surface area contributed by atoms with Crippen LogP contribution in [0.5, 0.6) is 0 Å². The average molecular weight is 361 g/mol. The highest BCUT2D eigenvalue weighted by atomic mass is 31.1. The van der Waals surface area contributed by atoms with Crippen molar-refractivity contribution in [1.29, 1.82) is 0 Å². The molecule has 3 nitrogen and oxygen atoms in total. The van der Waals surface area contributed by atoms with Crippen molar-refractivity contribution in [2.45, 2.75) is 91.1 Å². The predicted molar refractivity (Wildman–Crippen MR) is 107 cm³/mol. The van der Waals surface area contributed by atoms with Gasteiger partial charge in [0.1, 0.15) is 6.10 Å². The molecule has 144 valence electrons. The molecule has 0 radical (unpaired) electrons. The third kappa shape index (κ3) is 15.4. The minimum absolute atomic E-state index is 0.158.